The van der Waals surface area contributed by atoms with Gasteiger partial charge in [-0.1, -0.05) is 78.1 Å². The van der Waals surface area contributed by atoms with Crippen LogP contribution in [0.25, 0.3) is 27.4 Å². The monoisotopic (exact) mass is 544 g/mol. The number of thiazole rings is 1. The van der Waals surface area contributed by atoms with Gasteiger partial charge in [0.05, 0.1) is 10.6 Å². The number of aromatic nitrogens is 3. The summed E-state index contributed by atoms with van der Waals surface area (Å²) in [6.45, 7) is 0. The maximum Gasteiger partial charge on any atom is 0.292 e. The van der Waals surface area contributed by atoms with Crippen molar-refractivity contribution < 1.29 is 4.92 Å². The highest BCUT2D eigenvalue weighted by molar-refractivity contribution is 7.16. The summed E-state index contributed by atoms with van der Waals surface area (Å²) in [5, 5.41) is 11.1. The van der Waals surface area contributed by atoms with Gasteiger partial charge < -0.3 is 4.98 Å². The third kappa shape index (κ3) is 4.98. The van der Waals surface area contributed by atoms with Crippen molar-refractivity contribution in [2.24, 2.45) is 9.98 Å². The number of benzene rings is 4. The maximum atomic E-state index is 13.3. The van der Waals surface area contributed by atoms with Crippen LogP contribution >= 0.6 is 11.3 Å². The maximum absolute atomic E-state index is 13.3. The van der Waals surface area contributed by atoms with Crippen LogP contribution in [-0.4, -0.2) is 25.3 Å². The van der Waals surface area contributed by atoms with Crippen LogP contribution in [0.3, 0.4) is 0 Å². The molecule has 0 saturated heterocycles. The highest BCUT2D eigenvalue weighted by Crippen LogP contribution is 2.23. The average molecular weight is 545 g/mol. The molecule has 0 saturated carbocycles. The number of nitrogens with zero attached hydrogens (tertiary/aromatic N) is 5. The molecule has 0 unspecified atom stereocenters. The predicted molar refractivity (Wildman–Crippen MR) is 156 cm³/mol. The Bertz CT molecular complexity index is 1980. The number of para-hydroxylation sites is 2. The van der Waals surface area contributed by atoms with Gasteiger partial charge in [0.25, 0.3) is 11.2 Å². The first kappa shape index (κ1) is 24.8. The molecule has 194 valence electrons. The van der Waals surface area contributed by atoms with E-state index in [0.29, 0.717) is 32.4 Å². The first-order valence-corrected chi connectivity index (χ1v) is 13.1. The predicted octanol–water partition coefficient (Wildman–Crippen LogP) is 6.03. The van der Waals surface area contributed by atoms with Crippen LogP contribution in [0.5, 0.6) is 0 Å². The molecule has 0 amide bonds. The number of H-pyrrole nitrogens is 1. The van der Waals surface area contributed by atoms with Crippen LogP contribution in [0.15, 0.2) is 130 Å². The molecule has 2 aromatic heterocycles. The van der Waals surface area contributed by atoms with Crippen molar-refractivity contribution >= 4 is 38.9 Å². The van der Waals surface area contributed by atoms with Crippen molar-refractivity contribution in [1.29, 1.82) is 0 Å². The summed E-state index contributed by atoms with van der Waals surface area (Å²) in [4.78, 5) is 41.8. The van der Waals surface area contributed by atoms with Gasteiger partial charge in [0.1, 0.15) is 16.2 Å². The summed E-state index contributed by atoms with van der Waals surface area (Å²) in [5.74, 6) is 0.779. The normalized spacial score (nSPS) is 12.1. The van der Waals surface area contributed by atoms with Crippen LogP contribution in [0, 0.1) is 10.1 Å². The minimum absolute atomic E-state index is 0.0470. The second-order valence-corrected chi connectivity index (χ2v) is 9.65. The zero-order chi connectivity index (χ0) is 27.5. The number of aliphatic imine (C=N–C) groups is 1. The molecule has 0 aliphatic heterocycles. The highest BCUT2D eigenvalue weighted by atomic mass is 32.1. The molecule has 1 N–H and O–H groups in total. The Labute approximate surface area is 231 Å². The summed E-state index contributed by atoms with van der Waals surface area (Å²) in [6.07, 6.45) is 0. The molecule has 2 heterocycles. The van der Waals surface area contributed by atoms with Crippen molar-refractivity contribution in [3.8, 4) is 17.1 Å². The summed E-state index contributed by atoms with van der Waals surface area (Å²) in [6, 6.07) is 34.6. The van der Waals surface area contributed by atoms with Gasteiger partial charge in [-0.05, 0) is 36.4 Å². The molecular weight excluding hydrogens is 524 g/mol. The van der Waals surface area contributed by atoms with Crippen molar-refractivity contribution in [3.63, 3.8) is 0 Å². The summed E-state index contributed by atoms with van der Waals surface area (Å²) < 4.78 is 2.25. The summed E-state index contributed by atoms with van der Waals surface area (Å²) in [5.41, 5.74) is 2.93. The van der Waals surface area contributed by atoms with Gasteiger partial charge >= 0.3 is 0 Å². The van der Waals surface area contributed by atoms with E-state index in [4.69, 9.17) is 9.98 Å². The topological polar surface area (TPSA) is 119 Å². The molecule has 4 aromatic carbocycles. The highest BCUT2D eigenvalue weighted by Gasteiger charge is 2.16. The van der Waals surface area contributed by atoms with Crippen LogP contribution in [0.1, 0.15) is 5.56 Å². The number of hydrogen-bond donors (Lipinski definition) is 1. The lowest BCUT2D eigenvalue weighted by molar-refractivity contribution is -0.384. The number of rotatable bonds is 5. The number of amidine groups is 1. The third-order valence-electron chi connectivity index (χ3n) is 6.06. The lowest BCUT2D eigenvalue weighted by Gasteiger charge is -2.07. The average Bonchev–Trinajstić information content (AvgIpc) is 3.37. The number of aromatic amines is 1. The van der Waals surface area contributed by atoms with Gasteiger partial charge in [-0.25, -0.2) is 9.98 Å². The van der Waals surface area contributed by atoms with Crippen LogP contribution < -0.4 is 10.4 Å². The molecule has 0 fully saturated rings. The smallest absolute Gasteiger partial charge is 0.292 e. The van der Waals surface area contributed by atoms with Crippen LogP contribution in [0.4, 0.5) is 11.4 Å². The van der Waals surface area contributed by atoms with Gasteiger partial charge in [0, 0.05) is 28.9 Å². The Morgan fingerprint density at radius 3 is 2.12 bits per heavy atom. The van der Waals surface area contributed by atoms with E-state index in [1.165, 1.54) is 23.5 Å². The Morgan fingerprint density at radius 2 is 1.48 bits per heavy atom. The second kappa shape index (κ2) is 10.7. The number of nitro groups is 1. The fraction of sp³-hybridized carbons (Fsp3) is 0. The molecule has 0 aliphatic carbocycles. The van der Waals surface area contributed by atoms with E-state index < -0.39 is 10.5 Å². The molecule has 6 rings (SSSR count). The third-order valence-corrected chi connectivity index (χ3v) is 7.09. The number of nitrogens with one attached hydrogen (secondary N) is 1. The second-order valence-electron chi connectivity index (χ2n) is 8.68. The largest absolute Gasteiger partial charge is 0.324 e. The van der Waals surface area contributed by atoms with Crippen molar-refractivity contribution in [1.82, 2.24) is 14.5 Å². The first-order valence-electron chi connectivity index (χ1n) is 12.3. The molecule has 0 aliphatic rings. The van der Waals surface area contributed by atoms with Crippen LogP contribution in [-0.2, 0) is 0 Å². The molecule has 0 atom stereocenters. The van der Waals surface area contributed by atoms with E-state index in [1.807, 2.05) is 95.6 Å². The number of hydrogen-bond acceptors (Lipinski definition) is 6. The van der Waals surface area contributed by atoms with Crippen molar-refractivity contribution in [3.05, 3.63) is 146 Å². The summed E-state index contributed by atoms with van der Waals surface area (Å²) >= 11 is 1.21. The van der Waals surface area contributed by atoms with E-state index in [0.717, 1.165) is 16.9 Å². The number of fused-ring (bicyclic) bond motifs is 1. The van der Waals surface area contributed by atoms with Gasteiger partial charge in [0.2, 0.25) is 0 Å². The van der Waals surface area contributed by atoms with Crippen molar-refractivity contribution in [2.75, 3.05) is 0 Å². The standard InChI is InChI=1S/C30H20N6O3S/c37-29-25-28(32-27(33-29)21-16-18-24(19-17-21)36(38)39)35(23-14-8-3-9-15-23)30(40-25)34-26(20-10-4-1-5-11-20)31-22-12-6-2-7-13-22/h1-19H,(H,32,33,37). The molecule has 9 nitrogen and oxygen atoms in total. The Hall–Kier alpha value is -5.48. The van der Waals surface area contributed by atoms with Gasteiger partial charge in [0.15, 0.2) is 10.6 Å². The SMILES string of the molecule is O=c1nc(-c2ccc([N+](=O)[O-])cc2)[nH]c2c1sc(=NC(=Nc1ccccc1)c1ccccc1)n2-c1ccccc1. The zero-order valence-corrected chi connectivity index (χ0v) is 21.7. The molecule has 0 bridgehead atoms. The van der Waals surface area contributed by atoms with E-state index in [2.05, 4.69) is 9.97 Å². The molecule has 6 aromatic rings. The molecule has 0 spiro atoms. The minimum Gasteiger partial charge on any atom is -0.324 e. The number of nitro benzene ring substituents is 1. The Kier molecular flexibility index (Phi) is 6.65. The Balaban J connectivity index is 1.62. The zero-order valence-electron chi connectivity index (χ0n) is 20.8. The lowest BCUT2D eigenvalue weighted by Crippen LogP contribution is -2.16. The quantitative estimate of drug-likeness (QED) is 0.123. The van der Waals surface area contributed by atoms with E-state index >= 15 is 0 Å². The molecule has 10 heteroatoms. The van der Waals surface area contributed by atoms with Crippen molar-refractivity contribution in [2.45, 2.75) is 0 Å². The number of non-ortho nitro benzene ring substituents is 1. The summed E-state index contributed by atoms with van der Waals surface area (Å²) in [7, 11) is 0. The van der Waals surface area contributed by atoms with Crippen LogP contribution in [0.2, 0.25) is 0 Å². The minimum atomic E-state index is -0.472. The van der Waals surface area contributed by atoms with E-state index in [1.54, 1.807) is 12.1 Å². The van der Waals surface area contributed by atoms with Gasteiger partial charge in [-0.15, -0.1) is 0 Å². The Morgan fingerprint density at radius 1 is 0.850 bits per heavy atom. The molecular formula is C30H20N6O3S. The molecule has 40 heavy (non-hydrogen) atoms. The lowest BCUT2D eigenvalue weighted by atomic mass is 10.2. The first-order chi connectivity index (χ1) is 19.6. The van der Waals surface area contributed by atoms with Gasteiger partial charge in [-0.3, -0.25) is 19.5 Å². The fourth-order valence-corrected chi connectivity index (χ4v) is 5.13. The van der Waals surface area contributed by atoms with E-state index in [-0.39, 0.29) is 5.69 Å². The fourth-order valence-electron chi connectivity index (χ4n) is 4.16. The van der Waals surface area contributed by atoms with Gasteiger partial charge in [-0.2, -0.15) is 4.98 Å². The van der Waals surface area contributed by atoms with E-state index in [9.17, 15) is 14.9 Å². The molecule has 0 radical (unpaired) electrons.